The lowest BCUT2D eigenvalue weighted by Gasteiger charge is -2.00. The smallest absolute Gasteiger partial charge is 0.0346 e. The van der Waals surface area contributed by atoms with Gasteiger partial charge in [0, 0.05) is 21.4 Å². The molecule has 0 aliphatic heterocycles. The van der Waals surface area contributed by atoms with Gasteiger partial charge in [0.05, 0.1) is 0 Å². The Labute approximate surface area is 85.0 Å². The number of nitrogens with zero attached hydrogens (tertiary/aromatic N) is 1. The summed E-state index contributed by atoms with van der Waals surface area (Å²) >= 11 is 2.32. The van der Waals surface area contributed by atoms with Gasteiger partial charge in [0.15, 0.2) is 0 Å². The van der Waals surface area contributed by atoms with E-state index in [1.165, 1.54) is 19.9 Å². The summed E-state index contributed by atoms with van der Waals surface area (Å²) in [6.45, 7) is 2.09. The lowest BCUT2D eigenvalue weighted by molar-refractivity contribution is 1.31. The predicted octanol–water partition coefficient (Wildman–Crippen LogP) is 3.15. The molecule has 1 aromatic carbocycles. The van der Waals surface area contributed by atoms with Crippen LogP contribution in [-0.2, 0) is 0 Å². The highest BCUT2D eigenvalue weighted by Gasteiger charge is 1.96. The van der Waals surface area contributed by atoms with Gasteiger partial charge in [0.2, 0.25) is 0 Å². The highest BCUT2D eigenvalue weighted by atomic mass is 127. The molecule has 0 aliphatic rings. The van der Waals surface area contributed by atoms with Crippen molar-refractivity contribution in [3.63, 3.8) is 0 Å². The number of pyridine rings is 1. The Balaban J connectivity index is 2.88. The van der Waals surface area contributed by atoms with Crippen molar-refractivity contribution in [3.8, 4) is 0 Å². The summed E-state index contributed by atoms with van der Waals surface area (Å²) in [6, 6.07) is 6.40. The Morgan fingerprint density at radius 2 is 2.08 bits per heavy atom. The van der Waals surface area contributed by atoms with Gasteiger partial charge in [0.25, 0.3) is 0 Å². The largest absolute Gasteiger partial charge is 0.264 e. The van der Waals surface area contributed by atoms with E-state index < -0.39 is 0 Å². The molecular formula is C10H8IN. The molecule has 2 rings (SSSR count). The number of benzene rings is 1. The van der Waals surface area contributed by atoms with Crippen molar-refractivity contribution in [2.24, 2.45) is 0 Å². The molecule has 1 heterocycles. The van der Waals surface area contributed by atoms with Crippen LogP contribution in [0.15, 0.2) is 30.6 Å². The number of hydrogen-bond acceptors (Lipinski definition) is 1. The summed E-state index contributed by atoms with van der Waals surface area (Å²) < 4.78 is 1.27. The standard InChI is InChI=1S/C10H8IN/c1-7-5-12-6-8-2-3-9(11)4-10(7)8/h2-6H,1H3. The maximum absolute atomic E-state index is 4.14. The fourth-order valence-electron chi connectivity index (χ4n) is 1.28. The van der Waals surface area contributed by atoms with Crippen LogP contribution in [0.4, 0.5) is 0 Å². The van der Waals surface area contributed by atoms with Crippen LogP contribution >= 0.6 is 22.6 Å². The van der Waals surface area contributed by atoms with Crippen molar-refractivity contribution in [1.29, 1.82) is 0 Å². The van der Waals surface area contributed by atoms with E-state index in [1.54, 1.807) is 0 Å². The van der Waals surface area contributed by atoms with Gasteiger partial charge < -0.3 is 0 Å². The van der Waals surface area contributed by atoms with Crippen LogP contribution in [0.5, 0.6) is 0 Å². The molecule has 2 heteroatoms. The Morgan fingerprint density at radius 3 is 2.92 bits per heavy atom. The van der Waals surface area contributed by atoms with Gasteiger partial charge >= 0.3 is 0 Å². The van der Waals surface area contributed by atoms with Crippen LogP contribution < -0.4 is 0 Å². The Hall–Kier alpha value is -0.640. The molecule has 0 saturated heterocycles. The Kier molecular flexibility index (Phi) is 2.00. The van der Waals surface area contributed by atoms with Crippen LogP contribution in [0.3, 0.4) is 0 Å². The van der Waals surface area contributed by atoms with E-state index in [-0.39, 0.29) is 0 Å². The first-order valence-electron chi connectivity index (χ1n) is 3.77. The van der Waals surface area contributed by atoms with Crippen LogP contribution in [-0.4, -0.2) is 4.98 Å². The monoisotopic (exact) mass is 269 g/mol. The van der Waals surface area contributed by atoms with Crippen LogP contribution in [0, 0.1) is 10.5 Å². The zero-order valence-corrected chi connectivity index (χ0v) is 8.87. The molecule has 0 amide bonds. The summed E-state index contributed by atoms with van der Waals surface area (Å²) in [5.41, 5.74) is 1.24. The minimum Gasteiger partial charge on any atom is -0.264 e. The van der Waals surface area contributed by atoms with Gasteiger partial charge in [-0.1, -0.05) is 6.07 Å². The van der Waals surface area contributed by atoms with Crippen LogP contribution in [0.1, 0.15) is 5.56 Å². The fraction of sp³-hybridized carbons (Fsp3) is 0.100. The van der Waals surface area contributed by atoms with E-state index in [2.05, 4.69) is 52.7 Å². The zero-order chi connectivity index (χ0) is 8.55. The van der Waals surface area contributed by atoms with Crippen molar-refractivity contribution in [2.75, 3.05) is 0 Å². The molecule has 0 fully saturated rings. The van der Waals surface area contributed by atoms with Gasteiger partial charge in [-0.3, -0.25) is 4.98 Å². The van der Waals surface area contributed by atoms with Crippen molar-refractivity contribution in [1.82, 2.24) is 4.98 Å². The van der Waals surface area contributed by atoms with E-state index in [0.29, 0.717) is 0 Å². The van der Waals surface area contributed by atoms with Crippen molar-refractivity contribution in [3.05, 3.63) is 39.7 Å². The fourth-order valence-corrected chi connectivity index (χ4v) is 1.77. The number of hydrogen-bond donors (Lipinski definition) is 0. The Bertz CT molecular complexity index is 423. The van der Waals surface area contributed by atoms with E-state index >= 15 is 0 Å². The molecule has 60 valence electrons. The lowest BCUT2D eigenvalue weighted by atomic mass is 10.1. The lowest BCUT2D eigenvalue weighted by Crippen LogP contribution is -1.81. The van der Waals surface area contributed by atoms with Gasteiger partial charge in [-0.15, -0.1) is 0 Å². The maximum Gasteiger partial charge on any atom is 0.0346 e. The molecule has 0 atom stereocenters. The number of aryl methyl sites for hydroxylation is 1. The predicted molar refractivity (Wildman–Crippen MR) is 59.2 cm³/mol. The third kappa shape index (κ3) is 1.31. The molecule has 2 aromatic rings. The maximum atomic E-state index is 4.14. The van der Waals surface area contributed by atoms with Gasteiger partial charge in [-0.2, -0.15) is 0 Å². The summed E-state index contributed by atoms with van der Waals surface area (Å²) in [6.07, 6.45) is 3.80. The van der Waals surface area contributed by atoms with Crippen LogP contribution in [0.2, 0.25) is 0 Å². The third-order valence-electron chi connectivity index (χ3n) is 1.92. The minimum absolute atomic E-state index is 1.22. The minimum atomic E-state index is 1.22. The highest BCUT2D eigenvalue weighted by Crippen LogP contribution is 2.19. The normalized spacial score (nSPS) is 10.5. The first kappa shape index (κ1) is 7.98. The molecule has 0 bridgehead atoms. The topological polar surface area (TPSA) is 12.9 Å². The quantitative estimate of drug-likeness (QED) is 0.669. The molecule has 0 unspecified atom stereocenters. The third-order valence-corrected chi connectivity index (χ3v) is 2.59. The second-order valence-corrected chi connectivity index (χ2v) is 4.07. The van der Waals surface area contributed by atoms with Crippen molar-refractivity contribution in [2.45, 2.75) is 6.92 Å². The van der Waals surface area contributed by atoms with Crippen molar-refractivity contribution < 1.29 is 0 Å². The SMILES string of the molecule is Cc1cncc2ccc(I)cc12. The van der Waals surface area contributed by atoms with Gasteiger partial charge in [-0.05, 0) is 52.6 Å². The van der Waals surface area contributed by atoms with Crippen molar-refractivity contribution >= 4 is 33.4 Å². The molecule has 1 aromatic heterocycles. The zero-order valence-electron chi connectivity index (χ0n) is 6.71. The molecule has 0 saturated carbocycles. The first-order valence-corrected chi connectivity index (χ1v) is 4.85. The number of halogens is 1. The second-order valence-electron chi connectivity index (χ2n) is 2.82. The van der Waals surface area contributed by atoms with E-state index in [9.17, 15) is 0 Å². The summed E-state index contributed by atoms with van der Waals surface area (Å²) in [5.74, 6) is 0. The molecular weight excluding hydrogens is 261 g/mol. The molecule has 0 aliphatic carbocycles. The highest BCUT2D eigenvalue weighted by molar-refractivity contribution is 14.1. The second kappa shape index (κ2) is 3.01. The average Bonchev–Trinajstić information content (AvgIpc) is 2.07. The molecule has 0 radical (unpaired) electrons. The number of rotatable bonds is 0. The van der Waals surface area contributed by atoms with Gasteiger partial charge in [-0.25, -0.2) is 0 Å². The molecule has 1 nitrogen and oxygen atoms in total. The summed E-state index contributed by atoms with van der Waals surface area (Å²) in [5, 5.41) is 2.52. The molecule has 0 N–H and O–H groups in total. The average molecular weight is 269 g/mol. The number of aromatic nitrogens is 1. The Morgan fingerprint density at radius 1 is 1.25 bits per heavy atom. The summed E-state index contributed by atoms with van der Waals surface area (Å²) in [4.78, 5) is 4.14. The van der Waals surface area contributed by atoms with E-state index in [1.807, 2.05) is 12.4 Å². The van der Waals surface area contributed by atoms with E-state index in [0.717, 1.165) is 0 Å². The molecule has 0 spiro atoms. The van der Waals surface area contributed by atoms with E-state index in [4.69, 9.17) is 0 Å². The first-order chi connectivity index (χ1) is 5.77. The molecule has 12 heavy (non-hydrogen) atoms. The van der Waals surface area contributed by atoms with Crippen LogP contribution in [0.25, 0.3) is 10.8 Å². The van der Waals surface area contributed by atoms with Gasteiger partial charge in [0.1, 0.15) is 0 Å². The number of fused-ring (bicyclic) bond motifs is 1. The summed E-state index contributed by atoms with van der Waals surface area (Å²) in [7, 11) is 0.